The van der Waals surface area contributed by atoms with Crippen LogP contribution in [0.1, 0.15) is 55.4 Å². The highest BCUT2D eigenvalue weighted by molar-refractivity contribution is 5.79. The summed E-state index contributed by atoms with van der Waals surface area (Å²) in [4.78, 5) is 11.5. The molecule has 0 rings (SSSR count). The van der Waals surface area contributed by atoms with Gasteiger partial charge in [-0.2, -0.15) is 0 Å². The van der Waals surface area contributed by atoms with E-state index in [0.717, 1.165) is 0 Å². The predicted molar refractivity (Wildman–Crippen MR) is 63.2 cm³/mol. The zero-order valence-corrected chi connectivity index (χ0v) is 11.1. The van der Waals surface area contributed by atoms with Crippen LogP contribution in [-0.4, -0.2) is 11.9 Å². The predicted octanol–water partition coefficient (Wildman–Crippen LogP) is 3.22. The van der Waals surface area contributed by atoms with E-state index in [-0.39, 0.29) is 23.3 Å². The van der Waals surface area contributed by atoms with Gasteiger partial charge in [0.05, 0.1) is 0 Å². The summed E-state index contributed by atoms with van der Waals surface area (Å²) < 4.78 is 0. The third-order valence-corrected chi connectivity index (χ3v) is 2.12. The second-order valence-electron chi connectivity index (χ2n) is 4.75. The lowest BCUT2D eigenvalue weighted by molar-refractivity contribution is -0.128. The summed E-state index contributed by atoms with van der Waals surface area (Å²) in [7, 11) is 0. The summed E-state index contributed by atoms with van der Waals surface area (Å²) in [5.41, 5.74) is 0.0545. The van der Waals surface area contributed by atoms with Gasteiger partial charge in [0.25, 0.3) is 0 Å². The van der Waals surface area contributed by atoms with Crippen molar-refractivity contribution in [3.63, 3.8) is 0 Å². The fraction of sp³-hybridized carbons (Fsp3) is 0.917. The van der Waals surface area contributed by atoms with E-state index in [1.807, 2.05) is 34.6 Å². The molecule has 0 aromatic rings. The van der Waals surface area contributed by atoms with E-state index in [2.05, 4.69) is 26.1 Å². The highest BCUT2D eigenvalue weighted by Crippen LogP contribution is 2.25. The van der Waals surface area contributed by atoms with Gasteiger partial charge >= 0.3 is 0 Å². The van der Waals surface area contributed by atoms with Crippen LogP contribution < -0.4 is 5.32 Å². The molecule has 0 aliphatic rings. The molecular weight excluding hydrogens is 174 g/mol. The van der Waals surface area contributed by atoms with Crippen LogP contribution in [0.25, 0.3) is 0 Å². The number of carbonyl (C=O) groups is 1. The Morgan fingerprint density at radius 3 is 1.64 bits per heavy atom. The van der Waals surface area contributed by atoms with Crippen LogP contribution in [-0.2, 0) is 4.79 Å². The van der Waals surface area contributed by atoms with Gasteiger partial charge in [-0.15, -0.1) is 0 Å². The Morgan fingerprint density at radius 2 is 1.43 bits per heavy atom. The normalized spacial score (nSPS) is 12.9. The highest BCUT2D eigenvalue weighted by Gasteiger charge is 2.26. The number of amides is 1. The maximum Gasteiger partial charge on any atom is 0.223 e. The summed E-state index contributed by atoms with van der Waals surface area (Å²) in [6, 6.07) is 0.238. The Bertz CT molecular complexity index is 156. The molecule has 0 heterocycles. The van der Waals surface area contributed by atoms with Crippen LogP contribution in [0.4, 0.5) is 0 Å². The van der Waals surface area contributed by atoms with Crippen molar-refractivity contribution in [2.75, 3.05) is 0 Å². The molecule has 0 aromatic carbocycles. The van der Waals surface area contributed by atoms with E-state index >= 15 is 0 Å². The smallest absolute Gasteiger partial charge is 0.223 e. The quantitative estimate of drug-likeness (QED) is 0.730. The average molecular weight is 201 g/mol. The average Bonchev–Trinajstić information content (AvgIpc) is 2.04. The van der Waals surface area contributed by atoms with Gasteiger partial charge in [-0.25, -0.2) is 0 Å². The van der Waals surface area contributed by atoms with E-state index in [0.29, 0.717) is 0 Å². The standard InChI is InChI=1S/C10H21NO.C2H6/c1-7(2)11-9(12)8(3)10(4,5)6;1-2/h7-8H,1-6H3,(H,11,12);1-2H3. The number of hydrogen-bond acceptors (Lipinski definition) is 1. The van der Waals surface area contributed by atoms with Gasteiger partial charge in [0.1, 0.15) is 0 Å². The van der Waals surface area contributed by atoms with E-state index in [1.54, 1.807) is 0 Å². The summed E-state index contributed by atoms with van der Waals surface area (Å²) in [5, 5.41) is 2.91. The van der Waals surface area contributed by atoms with Crippen molar-refractivity contribution in [1.82, 2.24) is 5.32 Å². The van der Waals surface area contributed by atoms with Crippen molar-refractivity contribution in [2.24, 2.45) is 11.3 Å². The molecule has 1 N–H and O–H groups in total. The molecule has 0 saturated carbocycles. The van der Waals surface area contributed by atoms with E-state index < -0.39 is 0 Å². The molecule has 14 heavy (non-hydrogen) atoms. The first kappa shape index (κ1) is 15.9. The van der Waals surface area contributed by atoms with Gasteiger partial charge in [-0.1, -0.05) is 41.5 Å². The van der Waals surface area contributed by atoms with Crippen molar-refractivity contribution < 1.29 is 4.79 Å². The van der Waals surface area contributed by atoms with Crippen LogP contribution >= 0.6 is 0 Å². The molecule has 2 heteroatoms. The lowest BCUT2D eigenvalue weighted by Gasteiger charge is -2.26. The van der Waals surface area contributed by atoms with Crippen LogP contribution in [0.15, 0.2) is 0 Å². The molecule has 0 bridgehead atoms. The maximum atomic E-state index is 11.5. The third-order valence-electron chi connectivity index (χ3n) is 2.12. The molecule has 0 fully saturated rings. The first-order chi connectivity index (χ1) is 6.25. The van der Waals surface area contributed by atoms with Gasteiger partial charge < -0.3 is 5.32 Å². The van der Waals surface area contributed by atoms with Crippen molar-refractivity contribution in [3.8, 4) is 0 Å². The van der Waals surface area contributed by atoms with Crippen molar-refractivity contribution in [2.45, 2.75) is 61.4 Å². The van der Waals surface area contributed by atoms with Crippen molar-refractivity contribution >= 4 is 5.91 Å². The molecule has 2 nitrogen and oxygen atoms in total. The summed E-state index contributed by atoms with van der Waals surface area (Å²) in [5.74, 6) is 0.220. The summed E-state index contributed by atoms with van der Waals surface area (Å²) >= 11 is 0. The van der Waals surface area contributed by atoms with Gasteiger partial charge in [-0.3, -0.25) is 4.79 Å². The number of carbonyl (C=O) groups excluding carboxylic acids is 1. The van der Waals surface area contributed by atoms with Crippen LogP contribution in [0.5, 0.6) is 0 Å². The fourth-order valence-corrected chi connectivity index (χ4v) is 0.803. The Morgan fingerprint density at radius 1 is 1.07 bits per heavy atom. The second kappa shape index (κ2) is 6.86. The third kappa shape index (κ3) is 6.93. The number of nitrogens with one attached hydrogen (secondary N) is 1. The van der Waals surface area contributed by atoms with E-state index in [4.69, 9.17) is 0 Å². The van der Waals surface area contributed by atoms with E-state index in [9.17, 15) is 4.79 Å². The molecule has 0 aliphatic heterocycles. The minimum Gasteiger partial charge on any atom is -0.354 e. The largest absolute Gasteiger partial charge is 0.354 e. The fourth-order valence-electron chi connectivity index (χ4n) is 0.803. The second-order valence-corrected chi connectivity index (χ2v) is 4.75. The maximum absolute atomic E-state index is 11.5. The van der Waals surface area contributed by atoms with Gasteiger partial charge in [0.15, 0.2) is 0 Å². The van der Waals surface area contributed by atoms with Gasteiger partial charge in [0.2, 0.25) is 5.91 Å². The molecular formula is C12H27NO. The molecule has 1 unspecified atom stereocenters. The Labute approximate surface area is 89.5 Å². The Balaban J connectivity index is 0. The Kier molecular flexibility index (Phi) is 7.80. The molecule has 0 spiro atoms. The molecule has 1 atom stereocenters. The first-order valence-corrected chi connectivity index (χ1v) is 5.55. The van der Waals surface area contributed by atoms with Crippen molar-refractivity contribution in [3.05, 3.63) is 0 Å². The topological polar surface area (TPSA) is 29.1 Å². The monoisotopic (exact) mass is 201 g/mol. The molecule has 0 aliphatic carbocycles. The zero-order valence-electron chi connectivity index (χ0n) is 11.1. The first-order valence-electron chi connectivity index (χ1n) is 5.55. The number of rotatable bonds is 2. The van der Waals surface area contributed by atoms with Gasteiger partial charge in [0, 0.05) is 12.0 Å². The minimum absolute atomic E-state index is 0.0545. The Hall–Kier alpha value is -0.530. The zero-order chi connectivity index (χ0) is 11.9. The molecule has 1 amide bonds. The van der Waals surface area contributed by atoms with Crippen LogP contribution in [0.3, 0.4) is 0 Å². The molecule has 0 saturated heterocycles. The van der Waals surface area contributed by atoms with Crippen LogP contribution in [0.2, 0.25) is 0 Å². The minimum atomic E-state index is 0.0545. The molecule has 86 valence electrons. The lowest BCUT2D eigenvalue weighted by atomic mass is 9.81. The number of hydrogen-bond donors (Lipinski definition) is 1. The highest BCUT2D eigenvalue weighted by atomic mass is 16.1. The van der Waals surface area contributed by atoms with Gasteiger partial charge in [-0.05, 0) is 19.3 Å². The summed E-state index contributed by atoms with van der Waals surface area (Å²) in [6.45, 7) is 16.2. The SMILES string of the molecule is CC.CC(C)NC(=O)C(C)C(C)(C)C. The molecule has 0 radical (unpaired) electrons. The lowest BCUT2D eigenvalue weighted by Crippen LogP contribution is -2.39. The summed E-state index contributed by atoms with van der Waals surface area (Å²) in [6.07, 6.45) is 0. The van der Waals surface area contributed by atoms with Crippen LogP contribution in [0, 0.1) is 11.3 Å². The van der Waals surface area contributed by atoms with Crippen molar-refractivity contribution in [1.29, 1.82) is 0 Å². The molecule has 0 aromatic heterocycles. The van der Waals surface area contributed by atoms with E-state index in [1.165, 1.54) is 0 Å².